The molecule has 7 heteroatoms. The maximum Gasteiger partial charge on any atom is 0.270 e. The molecule has 0 bridgehead atoms. The molecule has 0 radical (unpaired) electrons. The van der Waals surface area contributed by atoms with Gasteiger partial charge in [-0.3, -0.25) is 14.0 Å². The molecule has 1 N–H and O–H groups in total. The number of fused-ring (bicyclic) bond motifs is 1. The highest BCUT2D eigenvalue weighted by Crippen LogP contribution is 2.29. The Bertz CT molecular complexity index is 1420. The maximum absolute atomic E-state index is 13.5. The molecule has 0 saturated carbocycles. The number of carbonyl (C=O) groups excluding carboxylic acids is 2. The molecule has 2 aromatic carbocycles. The number of thiazole rings is 1. The van der Waals surface area contributed by atoms with Gasteiger partial charge in [-0.1, -0.05) is 36.4 Å². The third-order valence-electron chi connectivity index (χ3n) is 6.80. The lowest BCUT2D eigenvalue weighted by atomic mass is 9.94. The van der Waals surface area contributed by atoms with Crippen LogP contribution in [0, 0.1) is 27.7 Å². The fraction of sp³-hybridized carbons (Fsp3) is 0.296. The van der Waals surface area contributed by atoms with Crippen LogP contribution >= 0.6 is 11.3 Å². The van der Waals surface area contributed by atoms with E-state index in [4.69, 9.17) is 0 Å². The summed E-state index contributed by atoms with van der Waals surface area (Å²) < 4.78 is 1.90. The molecule has 0 unspecified atom stereocenters. The summed E-state index contributed by atoms with van der Waals surface area (Å²) in [5.74, 6) is -0.141. The number of amides is 2. The van der Waals surface area contributed by atoms with Gasteiger partial charge in [0.1, 0.15) is 5.69 Å². The number of nitrogens with one attached hydrogen (secondary N) is 1. The zero-order chi connectivity index (χ0) is 24.0. The standard InChI is InChI=1S/C27H28N4O2S/c1-16-9-10-20(13-17(16)2)22-7-5-6-8-23(22)26(33)30-12-11-21(30)14-28-25(32)24-19(4)29-27-31(24)18(3)15-34-27/h5-10,13,15,21H,11-12,14H2,1-4H3,(H,28,32)/t21-/m0/s1. The second-order valence-electron chi connectivity index (χ2n) is 9.04. The molecule has 1 atom stereocenters. The Kier molecular flexibility index (Phi) is 5.73. The van der Waals surface area contributed by atoms with Crippen LogP contribution in [-0.2, 0) is 0 Å². The second kappa shape index (κ2) is 8.72. The van der Waals surface area contributed by atoms with Crippen LogP contribution in [0.25, 0.3) is 16.1 Å². The molecule has 1 saturated heterocycles. The van der Waals surface area contributed by atoms with Gasteiger partial charge in [-0.2, -0.15) is 0 Å². The molecule has 0 aliphatic carbocycles. The number of hydrogen-bond acceptors (Lipinski definition) is 4. The third-order valence-corrected chi connectivity index (χ3v) is 7.75. The zero-order valence-electron chi connectivity index (χ0n) is 19.9. The molecule has 2 amide bonds. The van der Waals surface area contributed by atoms with E-state index < -0.39 is 0 Å². The lowest BCUT2D eigenvalue weighted by molar-refractivity contribution is 0.0456. The average molecular weight is 473 g/mol. The summed E-state index contributed by atoms with van der Waals surface area (Å²) in [4.78, 5) is 33.7. The van der Waals surface area contributed by atoms with Crippen molar-refractivity contribution in [2.24, 2.45) is 0 Å². The van der Waals surface area contributed by atoms with E-state index in [0.717, 1.165) is 33.9 Å². The number of likely N-dealkylation sites (tertiary alicyclic amines) is 1. The predicted octanol–water partition coefficient (Wildman–Crippen LogP) is 4.94. The summed E-state index contributed by atoms with van der Waals surface area (Å²) in [6.07, 6.45) is 0.871. The molecule has 1 aliphatic heterocycles. The molecule has 3 heterocycles. The van der Waals surface area contributed by atoms with Crippen molar-refractivity contribution in [1.29, 1.82) is 0 Å². The molecule has 0 spiro atoms. The van der Waals surface area contributed by atoms with Gasteiger partial charge < -0.3 is 10.2 Å². The normalized spacial score (nSPS) is 15.4. The second-order valence-corrected chi connectivity index (χ2v) is 9.87. The molecule has 2 aromatic heterocycles. The van der Waals surface area contributed by atoms with Crippen LogP contribution in [0.5, 0.6) is 0 Å². The number of carbonyl (C=O) groups is 2. The monoisotopic (exact) mass is 472 g/mol. The lowest BCUT2D eigenvalue weighted by Crippen LogP contribution is -2.56. The first-order chi connectivity index (χ1) is 16.3. The Morgan fingerprint density at radius 1 is 1.09 bits per heavy atom. The van der Waals surface area contributed by atoms with Gasteiger partial charge in [0.15, 0.2) is 4.96 Å². The number of hydrogen-bond donors (Lipinski definition) is 1. The minimum Gasteiger partial charge on any atom is -0.349 e. The number of benzene rings is 2. The largest absolute Gasteiger partial charge is 0.349 e. The minimum absolute atomic E-state index is 0.0101. The van der Waals surface area contributed by atoms with E-state index in [1.54, 1.807) is 0 Å². The fourth-order valence-electron chi connectivity index (χ4n) is 4.57. The van der Waals surface area contributed by atoms with Crippen molar-refractivity contribution in [3.05, 3.63) is 81.6 Å². The van der Waals surface area contributed by atoms with Crippen LogP contribution in [0.4, 0.5) is 0 Å². The van der Waals surface area contributed by atoms with Gasteiger partial charge in [-0.05, 0) is 62.4 Å². The first kappa shape index (κ1) is 22.3. The van der Waals surface area contributed by atoms with Crippen molar-refractivity contribution in [3.63, 3.8) is 0 Å². The molecule has 6 nitrogen and oxygen atoms in total. The average Bonchev–Trinajstić information content (AvgIpc) is 3.32. The van der Waals surface area contributed by atoms with Crippen molar-refractivity contribution in [2.75, 3.05) is 13.1 Å². The first-order valence-corrected chi connectivity index (χ1v) is 12.4. The van der Waals surface area contributed by atoms with Gasteiger partial charge >= 0.3 is 0 Å². The third kappa shape index (κ3) is 3.80. The van der Waals surface area contributed by atoms with E-state index in [0.29, 0.717) is 24.3 Å². The van der Waals surface area contributed by atoms with E-state index in [9.17, 15) is 9.59 Å². The van der Waals surface area contributed by atoms with Gasteiger partial charge in [0, 0.05) is 29.7 Å². The van der Waals surface area contributed by atoms with Crippen LogP contribution < -0.4 is 5.32 Å². The smallest absolute Gasteiger partial charge is 0.270 e. The van der Waals surface area contributed by atoms with Crippen LogP contribution in [0.1, 0.15) is 49.8 Å². The Labute approximate surface area is 203 Å². The fourth-order valence-corrected chi connectivity index (χ4v) is 5.48. The van der Waals surface area contributed by atoms with Gasteiger partial charge in [-0.15, -0.1) is 11.3 Å². The van der Waals surface area contributed by atoms with Gasteiger partial charge in [0.05, 0.1) is 11.7 Å². The van der Waals surface area contributed by atoms with Gasteiger partial charge in [0.25, 0.3) is 11.8 Å². The van der Waals surface area contributed by atoms with Crippen molar-refractivity contribution < 1.29 is 9.59 Å². The molecular formula is C27H28N4O2S. The summed E-state index contributed by atoms with van der Waals surface area (Å²) in [5, 5.41) is 5.04. The van der Waals surface area contributed by atoms with Crippen LogP contribution in [0.2, 0.25) is 0 Å². The highest BCUT2D eigenvalue weighted by Gasteiger charge is 2.34. The van der Waals surface area contributed by atoms with Crippen LogP contribution in [0.15, 0.2) is 47.8 Å². The molecule has 1 fully saturated rings. The number of aromatic nitrogens is 2. The van der Waals surface area contributed by atoms with Crippen LogP contribution in [-0.4, -0.2) is 45.2 Å². The maximum atomic E-state index is 13.5. The van der Waals surface area contributed by atoms with Crippen molar-refractivity contribution in [3.8, 4) is 11.1 Å². The Balaban J connectivity index is 1.32. The summed E-state index contributed by atoms with van der Waals surface area (Å²) in [7, 11) is 0. The summed E-state index contributed by atoms with van der Waals surface area (Å²) >= 11 is 1.53. The number of imidazole rings is 1. The molecule has 5 rings (SSSR count). The first-order valence-electron chi connectivity index (χ1n) is 11.5. The summed E-state index contributed by atoms with van der Waals surface area (Å²) in [6.45, 7) is 9.13. The Morgan fingerprint density at radius 2 is 1.88 bits per heavy atom. The summed E-state index contributed by atoms with van der Waals surface area (Å²) in [6, 6.07) is 14.1. The van der Waals surface area contributed by atoms with Crippen LogP contribution in [0.3, 0.4) is 0 Å². The summed E-state index contributed by atoms with van der Waals surface area (Å²) in [5.41, 5.74) is 7.41. The molecule has 4 aromatic rings. The van der Waals surface area contributed by atoms with Gasteiger partial charge in [-0.25, -0.2) is 4.98 Å². The van der Waals surface area contributed by atoms with Crippen molar-refractivity contribution in [1.82, 2.24) is 19.6 Å². The molecular weight excluding hydrogens is 444 g/mol. The van der Waals surface area contributed by atoms with Gasteiger partial charge in [0.2, 0.25) is 0 Å². The molecule has 174 valence electrons. The number of aryl methyl sites for hydroxylation is 4. The zero-order valence-corrected chi connectivity index (χ0v) is 20.7. The highest BCUT2D eigenvalue weighted by atomic mass is 32.1. The van der Waals surface area contributed by atoms with E-state index in [1.807, 2.05) is 52.8 Å². The quantitative estimate of drug-likeness (QED) is 0.447. The molecule has 1 aliphatic rings. The van der Waals surface area contributed by atoms with E-state index in [2.05, 4.69) is 42.3 Å². The predicted molar refractivity (Wildman–Crippen MR) is 136 cm³/mol. The number of nitrogens with zero attached hydrogens (tertiary/aromatic N) is 3. The van der Waals surface area contributed by atoms with E-state index in [-0.39, 0.29) is 17.9 Å². The Hall–Kier alpha value is -3.45. The lowest BCUT2D eigenvalue weighted by Gasteiger charge is -2.41. The van der Waals surface area contributed by atoms with Crippen molar-refractivity contribution >= 4 is 28.1 Å². The minimum atomic E-state index is -0.152. The van der Waals surface area contributed by atoms with E-state index in [1.165, 1.54) is 22.5 Å². The topological polar surface area (TPSA) is 66.7 Å². The SMILES string of the molecule is Cc1ccc(-c2ccccc2C(=O)N2CC[C@H]2CNC(=O)c2c(C)nc3scc(C)n23)cc1C. The molecule has 34 heavy (non-hydrogen) atoms. The van der Waals surface area contributed by atoms with Crippen molar-refractivity contribution in [2.45, 2.75) is 40.2 Å². The number of rotatable bonds is 5. The van der Waals surface area contributed by atoms with E-state index >= 15 is 0 Å². The Morgan fingerprint density at radius 3 is 2.62 bits per heavy atom. The highest BCUT2D eigenvalue weighted by molar-refractivity contribution is 7.15.